The van der Waals surface area contributed by atoms with Gasteiger partial charge in [0.2, 0.25) is 0 Å². The van der Waals surface area contributed by atoms with Crippen molar-refractivity contribution < 1.29 is 39.9 Å². The summed E-state index contributed by atoms with van der Waals surface area (Å²) in [5.41, 5.74) is -6.89. The minimum Gasteiger partial charge on any atom is -0.390 e. The topological polar surface area (TPSA) is 152 Å². The van der Waals surface area contributed by atoms with E-state index in [0.29, 0.717) is 6.42 Å². The Kier molecular flexibility index (Phi) is 6.47. The smallest absolute Gasteiger partial charge is 0.187 e. The molecule has 10 atom stereocenters. The highest BCUT2D eigenvalue weighted by atomic mass is 16.3. The van der Waals surface area contributed by atoms with E-state index in [2.05, 4.69) is 0 Å². The predicted octanol–water partition coefficient (Wildman–Crippen LogP) is 1.90. The van der Waals surface area contributed by atoms with Gasteiger partial charge in [-0.25, -0.2) is 0 Å². The Morgan fingerprint density at radius 2 is 1.61 bits per heavy atom. The molecule has 0 aromatic carbocycles. The molecule has 0 aromatic rings. The molecule has 2 unspecified atom stereocenters. The normalized spacial score (nSPS) is 46.2. The molecular weight excluding hydrogens is 488 g/mol. The maximum absolute atomic E-state index is 14.2. The molecule has 8 heteroatoms. The first-order valence-corrected chi connectivity index (χ1v) is 13.6. The van der Waals surface area contributed by atoms with Crippen LogP contribution in [0.25, 0.3) is 0 Å². The molecule has 4 rings (SSSR count). The molecule has 0 spiro atoms. The summed E-state index contributed by atoms with van der Waals surface area (Å²) in [6.07, 6.45) is 1.01. The fraction of sp³-hybridized carbons (Fsp3) is 0.767. The van der Waals surface area contributed by atoms with Crippen LogP contribution >= 0.6 is 0 Å². The van der Waals surface area contributed by atoms with Gasteiger partial charge in [-0.1, -0.05) is 52.3 Å². The third-order valence-corrected chi connectivity index (χ3v) is 11.3. The summed E-state index contributed by atoms with van der Waals surface area (Å²) in [6, 6.07) is 0. The van der Waals surface area contributed by atoms with E-state index in [4.69, 9.17) is 0 Å². The number of allylic oxidation sites excluding steroid dienone is 1. The largest absolute Gasteiger partial charge is 0.390 e. The van der Waals surface area contributed by atoms with E-state index in [-0.39, 0.29) is 18.6 Å². The maximum atomic E-state index is 14.2. The molecule has 4 aliphatic rings. The number of fused-ring (bicyclic) bond motifs is 5. The summed E-state index contributed by atoms with van der Waals surface area (Å²) in [5, 5.41) is 54.4. The molecule has 0 aliphatic heterocycles. The van der Waals surface area contributed by atoms with Gasteiger partial charge < -0.3 is 25.5 Å². The van der Waals surface area contributed by atoms with E-state index in [0.717, 1.165) is 11.6 Å². The Morgan fingerprint density at radius 3 is 2.16 bits per heavy atom. The first kappa shape index (κ1) is 29.3. The molecule has 0 aromatic heterocycles. The second-order valence-electron chi connectivity index (χ2n) is 14.3. The predicted molar refractivity (Wildman–Crippen MR) is 140 cm³/mol. The van der Waals surface area contributed by atoms with Crippen molar-refractivity contribution in [1.82, 2.24) is 0 Å². The highest BCUT2D eigenvalue weighted by Gasteiger charge is 2.78. The lowest BCUT2D eigenvalue weighted by Crippen LogP contribution is -2.66. The number of aliphatic hydroxyl groups is 5. The van der Waals surface area contributed by atoms with Crippen molar-refractivity contribution in [2.45, 2.75) is 104 Å². The van der Waals surface area contributed by atoms with Crippen molar-refractivity contribution in [2.75, 3.05) is 0 Å². The Morgan fingerprint density at radius 1 is 1.03 bits per heavy atom. The van der Waals surface area contributed by atoms with Gasteiger partial charge in [0.1, 0.15) is 17.5 Å². The van der Waals surface area contributed by atoms with Crippen LogP contribution in [0.2, 0.25) is 0 Å². The number of hydrogen-bond donors (Lipinski definition) is 5. The first-order valence-electron chi connectivity index (χ1n) is 13.6. The lowest BCUT2D eigenvalue weighted by molar-refractivity contribution is -0.187. The van der Waals surface area contributed by atoms with Crippen molar-refractivity contribution in [3.05, 3.63) is 23.8 Å². The van der Waals surface area contributed by atoms with Crippen LogP contribution < -0.4 is 0 Å². The van der Waals surface area contributed by atoms with E-state index in [1.54, 1.807) is 13.8 Å². The van der Waals surface area contributed by atoms with Gasteiger partial charge in [0.25, 0.3) is 0 Å². The van der Waals surface area contributed by atoms with Gasteiger partial charge in [0, 0.05) is 28.6 Å². The van der Waals surface area contributed by atoms with Gasteiger partial charge >= 0.3 is 0 Å². The van der Waals surface area contributed by atoms with Crippen LogP contribution in [0.5, 0.6) is 0 Å². The standard InChI is InChI=1S/C30H44O8/c1-25(2,37)12-11-19(32)30(8,38)22-21(34)24(36)29(7)18-10-9-15-16(13-17(31)23(35)26(15,3)4)28(18,6)20(33)14-27(22,29)5/h9,11-12,16-18,21-23,31,34-35,37-38H,10,13-14H2,1-8H3/b12-11+/t16-,17+,18-,21+,22?,23-,27-,28+,29-,30?/m1/s1. The summed E-state index contributed by atoms with van der Waals surface area (Å²) >= 11 is 0. The van der Waals surface area contributed by atoms with Crippen LogP contribution in [0.3, 0.4) is 0 Å². The summed E-state index contributed by atoms with van der Waals surface area (Å²) in [5.74, 6) is -3.59. The molecule has 8 nitrogen and oxygen atoms in total. The number of rotatable bonds is 4. The zero-order chi connectivity index (χ0) is 29.0. The Balaban J connectivity index is 1.85. The third kappa shape index (κ3) is 3.56. The quantitative estimate of drug-likeness (QED) is 0.272. The number of carbonyl (C=O) groups is 3. The number of ketones is 3. The minimum atomic E-state index is -2.18. The molecular formula is C30H44O8. The third-order valence-electron chi connectivity index (χ3n) is 11.3. The van der Waals surface area contributed by atoms with E-state index < -0.39 is 80.5 Å². The number of Topliss-reactive ketones (excluding diaryl/α,β-unsaturated/α-hetero) is 2. The number of aliphatic hydroxyl groups excluding tert-OH is 3. The zero-order valence-electron chi connectivity index (χ0n) is 23.8. The lowest BCUT2D eigenvalue weighted by atomic mass is 9.38. The van der Waals surface area contributed by atoms with E-state index in [1.165, 1.54) is 26.8 Å². The molecule has 4 aliphatic carbocycles. The molecule has 0 bridgehead atoms. The molecule has 3 fully saturated rings. The van der Waals surface area contributed by atoms with Crippen LogP contribution in [0.1, 0.15) is 74.7 Å². The van der Waals surface area contributed by atoms with Gasteiger partial charge in [-0.15, -0.1) is 0 Å². The van der Waals surface area contributed by atoms with Crippen LogP contribution in [0, 0.1) is 39.4 Å². The monoisotopic (exact) mass is 532 g/mol. The van der Waals surface area contributed by atoms with Crippen molar-refractivity contribution in [3.63, 3.8) is 0 Å². The van der Waals surface area contributed by atoms with E-state index >= 15 is 0 Å². The summed E-state index contributed by atoms with van der Waals surface area (Å²) < 4.78 is 0. The average Bonchev–Trinajstić information content (AvgIpc) is 2.94. The van der Waals surface area contributed by atoms with Gasteiger partial charge in [0.15, 0.2) is 11.6 Å². The first-order chi connectivity index (χ1) is 17.1. The molecule has 5 N–H and O–H groups in total. The zero-order valence-corrected chi connectivity index (χ0v) is 23.8. The molecule has 0 amide bonds. The minimum absolute atomic E-state index is 0.133. The summed E-state index contributed by atoms with van der Waals surface area (Å²) in [4.78, 5) is 41.5. The van der Waals surface area contributed by atoms with Gasteiger partial charge in [-0.05, 0) is 56.9 Å². The highest BCUT2D eigenvalue weighted by Crippen LogP contribution is 2.73. The van der Waals surface area contributed by atoms with Crippen LogP contribution in [-0.4, -0.2) is 72.4 Å². The average molecular weight is 533 g/mol. The van der Waals surface area contributed by atoms with Crippen molar-refractivity contribution in [3.8, 4) is 0 Å². The van der Waals surface area contributed by atoms with E-state index in [9.17, 15) is 39.9 Å². The number of carbonyl (C=O) groups excluding carboxylic acids is 3. The van der Waals surface area contributed by atoms with Gasteiger partial charge in [-0.2, -0.15) is 0 Å². The molecule has 38 heavy (non-hydrogen) atoms. The van der Waals surface area contributed by atoms with E-state index in [1.807, 2.05) is 26.8 Å². The molecule has 0 radical (unpaired) electrons. The Labute approximate surface area is 224 Å². The summed E-state index contributed by atoms with van der Waals surface area (Å²) in [6.45, 7) is 13.2. The second-order valence-corrected chi connectivity index (χ2v) is 14.3. The molecule has 3 saturated carbocycles. The van der Waals surface area contributed by atoms with Gasteiger partial charge in [0.05, 0.1) is 17.8 Å². The van der Waals surface area contributed by atoms with Crippen LogP contribution in [0.15, 0.2) is 23.8 Å². The van der Waals surface area contributed by atoms with Gasteiger partial charge in [-0.3, -0.25) is 14.4 Å². The van der Waals surface area contributed by atoms with Crippen molar-refractivity contribution in [1.29, 1.82) is 0 Å². The highest BCUT2D eigenvalue weighted by molar-refractivity contribution is 6.02. The molecule has 0 saturated heterocycles. The van der Waals surface area contributed by atoms with Crippen LogP contribution in [0.4, 0.5) is 0 Å². The maximum Gasteiger partial charge on any atom is 0.187 e. The Bertz CT molecular complexity index is 1130. The fourth-order valence-electron chi connectivity index (χ4n) is 8.86. The van der Waals surface area contributed by atoms with Crippen molar-refractivity contribution >= 4 is 17.3 Å². The molecule has 0 heterocycles. The number of hydrogen-bond acceptors (Lipinski definition) is 8. The van der Waals surface area contributed by atoms with Crippen molar-refractivity contribution in [2.24, 2.45) is 39.4 Å². The van der Waals surface area contributed by atoms with Crippen LogP contribution in [-0.2, 0) is 14.4 Å². The molecule has 212 valence electrons. The Hall–Kier alpha value is -1.71. The summed E-state index contributed by atoms with van der Waals surface area (Å²) in [7, 11) is 0. The lowest BCUT2D eigenvalue weighted by Gasteiger charge is -2.64. The SMILES string of the molecule is CC(C)(O)/C=C/C(=O)C(C)(O)C1[C@H](O)C(=O)[C@@]2(C)[C@@H]3CC=C4[C@@H](C[C@H](O)[C@@H](O)C4(C)C)[C@]3(C)C(=O)C[C@]12C. The second kappa shape index (κ2) is 8.40. The fourth-order valence-corrected chi connectivity index (χ4v) is 8.86.